The Balaban J connectivity index is 1.65. The number of aliphatic hydroxyl groups is 1. The van der Waals surface area contributed by atoms with Gasteiger partial charge in [-0.3, -0.25) is 0 Å². The molecule has 0 bridgehead atoms. The molecule has 0 saturated heterocycles. The normalized spacial score (nSPS) is 13.8. The Morgan fingerprint density at radius 3 is 2.24 bits per heavy atom. The van der Waals surface area contributed by atoms with Gasteiger partial charge < -0.3 is 9.52 Å². The molecule has 10 heteroatoms. The van der Waals surface area contributed by atoms with E-state index in [-0.39, 0.29) is 11.3 Å². The fourth-order valence-corrected chi connectivity index (χ4v) is 3.83. The van der Waals surface area contributed by atoms with E-state index in [4.69, 9.17) is 4.42 Å². The standard InChI is InChI=1S/C24H14F5N3O2/c25-17-3-5-18(6-4-17)32-21-8-2-15(9-14(21)11-31-32)23(33,24(27,28)29)16-1-7-20(26)19(10-16)22-12-30-13-34-22/h1-13,33H. The Bertz CT molecular complexity index is 1480. The van der Waals surface area contributed by atoms with E-state index in [1.165, 1.54) is 41.2 Å². The summed E-state index contributed by atoms with van der Waals surface area (Å²) in [6.45, 7) is 0. The Hall–Kier alpha value is -4.05. The molecule has 0 aliphatic rings. The second kappa shape index (κ2) is 7.77. The van der Waals surface area contributed by atoms with E-state index in [9.17, 15) is 27.1 Å². The number of halogens is 5. The third-order valence-corrected chi connectivity index (χ3v) is 5.55. The van der Waals surface area contributed by atoms with E-state index in [2.05, 4.69) is 10.1 Å². The molecule has 0 amide bonds. The van der Waals surface area contributed by atoms with Gasteiger partial charge in [0, 0.05) is 5.39 Å². The third kappa shape index (κ3) is 3.43. The lowest BCUT2D eigenvalue weighted by Gasteiger charge is -2.32. The van der Waals surface area contributed by atoms with Crippen molar-refractivity contribution in [3.8, 4) is 17.0 Å². The Morgan fingerprint density at radius 1 is 0.853 bits per heavy atom. The molecule has 5 rings (SSSR count). The van der Waals surface area contributed by atoms with Gasteiger partial charge in [-0.2, -0.15) is 18.3 Å². The molecule has 0 spiro atoms. The Kier molecular flexibility index (Phi) is 4.98. The van der Waals surface area contributed by atoms with Gasteiger partial charge in [0.25, 0.3) is 0 Å². The highest BCUT2D eigenvalue weighted by molar-refractivity contribution is 5.81. The van der Waals surface area contributed by atoms with Crippen molar-refractivity contribution in [1.82, 2.24) is 14.8 Å². The van der Waals surface area contributed by atoms with Crippen molar-refractivity contribution in [3.05, 3.63) is 102 Å². The van der Waals surface area contributed by atoms with Crippen molar-refractivity contribution in [2.75, 3.05) is 0 Å². The minimum Gasteiger partial charge on any atom is -0.443 e. The van der Waals surface area contributed by atoms with E-state index in [1.807, 2.05) is 0 Å². The molecule has 0 saturated carbocycles. The predicted octanol–water partition coefficient (Wildman–Crippen LogP) is 5.76. The van der Waals surface area contributed by atoms with Gasteiger partial charge in [-0.05, 0) is 59.7 Å². The lowest BCUT2D eigenvalue weighted by molar-refractivity contribution is -0.248. The number of hydrogen-bond acceptors (Lipinski definition) is 4. The zero-order valence-corrected chi connectivity index (χ0v) is 17.1. The highest BCUT2D eigenvalue weighted by Gasteiger charge is 2.56. The van der Waals surface area contributed by atoms with Crippen molar-refractivity contribution >= 4 is 10.9 Å². The molecule has 1 N–H and O–H groups in total. The van der Waals surface area contributed by atoms with Crippen LogP contribution in [0.2, 0.25) is 0 Å². The molecule has 0 aliphatic heterocycles. The summed E-state index contributed by atoms with van der Waals surface area (Å²) in [6, 6.07) is 11.7. The van der Waals surface area contributed by atoms with Crippen LogP contribution in [-0.4, -0.2) is 26.0 Å². The molecule has 0 aliphatic carbocycles. The second-order valence-corrected chi connectivity index (χ2v) is 7.57. The molecule has 5 nitrogen and oxygen atoms in total. The maximum atomic E-state index is 14.3. The molecule has 2 heterocycles. The summed E-state index contributed by atoms with van der Waals surface area (Å²) >= 11 is 0. The molecule has 1 unspecified atom stereocenters. The van der Waals surface area contributed by atoms with E-state index >= 15 is 0 Å². The monoisotopic (exact) mass is 471 g/mol. The van der Waals surface area contributed by atoms with Crippen molar-refractivity contribution in [2.45, 2.75) is 11.8 Å². The van der Waals surface area contributed by atoms with E-state index in [1.54, 1.807) is 0 Å². The number of alkyl halides is 3. The van der Waals surface area contributed by atoms with Crippen LogP contribution in [0.5, 0.6) is 0 Å². The SMILES string of the molecule is OC(c1ccc(F)c(-c2cnco2)c1)(c1ccc2c(cnn2-c2ccc(F)cc2)c1)C(F)(F)F. The average molecular weight is 471 g/mol. The lowest BCUT2D eigenvalue weighted by Crippen LogP contribution is -2.43. The quantitative estimate of drug-likeness (QED) is 0.339. The zero-order valence-electron chi connectivity index (χ0n) is 17.1. The van der Waals surface area contributed by atoms with Gasteiger partial charge in [-0.15, -0.1) is 0 Å². The molecule has 2 aromatic heterocycles. The highest BCUT2D eigenvalue weighted by Crippen LogP contribution is 2.46. The molecular formula is C24H14F5N3O2. The van der Waals surface area contributed by atoms with Crippen molar-refractivity contribution < 1.29 is 31.5 Å². The van der Waals surface area contributed by atoms with Crippen molar-refractivity contribution in [3.63, 3.8) is 0 Å². The van der Waals surface area contributed by atoms with Gasteiger partial charge in [0.05, 0.1) is 29.2 Å². The van der Waals surface area contributed by atoms with Gasteiger partial charge >= 0.3 is 6.18 Å². The summed E-state index contributed by atoms with van der Waals surface area (Å²) in [5.74, 6) is -1.36. The topological polar surface area (TPSA) is 64.1 Å². The molecule has 172 valence electrons. The van der Waals surface area contributed by atoms with Gasteiger partial charge in [-0.25, -0.2) is 18.4 Å². The van der Waals surface area contributed by atoms with Crippen LogP contribution >= 0.6 is 0 Å². The van der Waals surface area contributed by atoms with Crippen molar-refractivity contribution in [1.29, 1.82) is 0 Å². The first-order valence-electron chi connectivity index (χ1n) is 9.90. The number of nitrogens with zero attached hydrogens (tertiary/aromatic N) is 3. The molecule has 3 aromatic carbocycles. The smallest absolute Gasteiger partial charge is 0.425 e. The first-order chi connectivity index (χ1) is 16.2. The number of hydrogen-bond donors (Lipinski definition) is 1. The van der Waals surface area contributed by atoms with Crippen LogP contribution in [-0.2, 0) is 5.60 Å². The number of benzene rings is 3. The highest BCUT2D eigenvalue weighted by atomic mass is 19.4. The summed E-state index contributed by atoms with van der Waals surface area (Å²) in [4.78, 5) is 3.66. The van der Waals surface area contributed by atoms with Gasteiger partial charge in [0.1, 0.15) is 11.6 Å². The maximum Gasteiger partial charge on any atom is 0.425 e. The van der Waals surface area contributed by atoms with Crippen LogP contribution in [0.3, 0.4) is 0 Å². The number of oxazole rings is 1. The second-order valence-electron chi connectivity index (χ2n) is 7.57. The van der Waals surface area contributed by atoms with E-state index in [0.717, 1.165) is 42.9 Å². The van der Waals surface area contributed by atoms with Gasteiger partial charge in [-0.1, -0.05) is 12.1 Å². The summed E-state index contributed by atoms with van der Waals surface area (Å²) in [6.07, 6.45) is -1.64. The minimum absolute atomic E-state index is 0.0834. The summed E-state index contributed by atoms with van der Waals surface area (Å²) in [5.41, 5.74) is -3.86. The average Bonchev–Trinajstić information content (AvgIpc) is 3.48. The predicted molar refractivity (Wildman–Crippen MR) is 112 cm³/mol. The largest absolute Gasteiger partial charge is 0.443 e. The molecule has 34 heavy (non-hydrogen) atoms. The van der Waals surface area contributed by atoms with Gasteiger partial charge in [0.15, 0.2) is 12.2 Å². The van der Waals surface area contributed by atoms with Crippen LogP contribution in [0.1, 0.15) is 11.1 Å². The Labute approximate surface area is 188 Å². The van der Waals surface area contributed by atoms with Crippen LogP contribution < -0.4 is 0 Å². The maximum absolute atomic E-state index is 14.3. The van der Waals surface area contributed by atoms with Crippen molar-refractivity contribution in [2.24, 2.45) is 0 Å². The Morgan fingerprint density at radius 2 is 1.56 bits per heavy atom. The van der Waals surface area contributed by atoms with Crippen LogP contribution in [0.4, 0.5) is 22.0 Å². The number of fused-ring (bicyclic) bond motifs is 1. The van der Waals surface area contributed by atoms with Crippen LogP contribution in [0, 0.1) is 11.6 Å². The number of aromatic nitrogens is 3. The first-order valence-corrected chi connectivity index (χ1v) is 9.90. The zero-order chi connectivity index (χ0) is 24.1. The van der Waals surface area contributed by atoms with Crippen LogP contribution in [0.15, 0.2) is 83.9 Å². The van der Waals surface area contributed by atoms with E-state index < -0.39 is 34.5 Å². The molecular weight excluding hydrogens is 457 g/mol. The van der Waals surface area contributed by atoms with E-state index in [0.29, 0.717) is 16.6 Å². The molecule has 0 radical (unpaired) electrons. The van der Waals surface area contributed by atoms with Gasteiger partial charge in [0.2, 0.25) is 5.60 Å². The first kappa shape index (κ1) is 21.8. The molecule has 5 aromatic rings. The summed E-state index contributed by atoms with van der Waals surface area (Å²) in [7, 11) is 0. The minimum atomic E-state index is -5.15. The molecule has 0 fully saturated rings. The molecule has 1 atom stereocenters. The van der Waals surface area contributed by atoms with Crippen LogP contribution in [0.25, 0.3) is 27.9 Å². The fraction of sp³-hybridized carbons (Fsp3) is 0.0833. The summed E-state index contributed by atoms with van der Waals surface area (Å²) < 4.78 is 77.0. The lowest BCUT2D eigenvalue weighted by atomic mass is 9.84. The number of rotatable bonds is 4. The summed E-state index contributed by atoms with van der Waals surface area (Å²) in [5, 5.41) is 15.5. The fourth-order valence-electron chi connectivity index (χ4n) is 3.83. The third-order valence-electron chi connectivity index (χ3n) is 5.55.